The quantitative estimate of drug-likeness (QED) is 0.685. The molecule has 2 nitrogen and oxygen atoms in total. The third-order valence-electron chi connectivity index (χ3n) is 8.52. The van der Waals surface area contributed by atoms with Crippen molar-refractivity contribution in [3.8, 4) is 0 Å². The summed E-state index contributed by atoms with van der Waals surface area (Å²) in [6, 6.07) is 0. The zero-order chi connectivity index (χ0) is 18.3. The van der Waals surface area contributed by atoms with Gasteiger partial charge in [0, 0.05) is 5.41 Å². The molecule has 0 saturated heterocycles. The Hall–Kier alpha value is -0.840. The van der Waals surface area contributed by atoms with Gasteiger partial charge >= 0.3 is 6.18 Å². The van der Waals surface area contributed by atoms with Gasteiger partial charge in [0.2, 0.25) is 0 Å². The highest BCUT2D eigenvalue weighted by atomic mass is 19.4. The number of rotatable bonds is 0. The molecule has 0 bridgehead atoms. The predicted octanol–water partition coefficient (Wildman–Crippen LogP) is 4.67. The maximum absolute atomic E-state index is 13.3. The Bertz CT molecular complexity index is 627. The van der Waals surface area contributed by atoms with E-state index >= 15 is 0 Å². The van der Waals surface area contributed by atoms with Gasteiger partial charge in [-0.05, 0) is 80.1 Å². The van der Waals surface area contributed by atoms with Gasteiger partial charge in [-0.15, -0.1) is 0 Å². The van der Waals surface area contributed by atoms with Crippen molar-refractivity contribution in [1.29, 1.82) is 0 Å². The first-order valence-corrected chi connectivity index (χ1v) is 9.53. The molecule has 3 saturated carbocycles. The highest BCUT2D eigenvalue weighted by Crippen LogP contribution is 2.66. The lowest BCUT2D eigenvalue weighted by Gasteiger charge is -2.61. The molecule has 0 unspecified atom stereocenters. The molecule has 0 radical (unpaired) electrons. The zero-order valence-electron chi connectivity index (χ0n) is 14.9. The van der Waals surface area contributed by atoms with Crippen LogP contribution >= 0.6 is 0 Å². The Morgan fingerprint density at radius 3 is 2.52 bits per heavy atom. The average Bonchev–Trinajstić information content (AvgIpc) is 2.83. The minimum Gasteiger partial charge on any atom is -0.380 e. The average molecular weight is 356 g/mol. The molecule has 0 aliphatic heterocycles. The summed E-state index contributed by atoms with van der Waals surface area (Å²) in [6.45, 7) is 4.21. The molecule has 25 heavy (non-hydrogen) atoms. The normalized spacial score (nSPS) is 52.5. The molecule has 4 aliphatic rings. The minimum atomic E-state index is -4.54. The zero-order valence-corrected chi connectivity index (χ0v) is 14.9. The summed E-state index contributed by atoms with van der Waals surface area (Å²) in [6.07, 6.45) is 2.67. The summed E-state index contributed by atoms with van der Waals surface area (Å²) in [4.78, 5) is 12.3. The summed E-state index contributed by atoms with van der Waals surface area (Å²) in [7, 11) is 0. The second-order valence-corrected chi connectivity index (χ2v) is 9.49. The Balaban J connectivity index is 1.61. The van der Waals surface area contributed by atoms with Crippen LogP contribution in [0.4, 0.5) is 13.2 Å². The first-order chi connectivity index (χ1) is 11.5. The van der Waals surface area contributed by atoms with Crippen molar-refractivity contribution in [3.05, 3.63) is 12.2 Å². The predicted molar refractivity (Wildman–Crippen MR) is 87.6 cm³/mol. The van der Waals surface area contributed by atoms with Crippen molar-refractivity contribution in [2.45, 2.75) is 70.6 Å². The fourth-order valence-electron chi connectivity index (χ4n) is 6.78. The Labute approximate surface area is 146 Å². The second-order valence-electron chi connectivity index (χ2n) is 9.49. The monoisotopic (exact) mass is 356 g/mol. The SMILES string of the molecule is C[C@]12CC[C@](O)(C(F)(F)F)C[C@H]1CC[C@@H]1[C@@H]2CC[C@]2(C)C(=O)C=C[C@@H]12. The van der Waals surface area contributed by atoms with Crippen molar-refractivity contribution in [3.63, 3.8) is 0 Å². The molecule has 0 aromatic carbocycles. The molecule has 0 spiro atoms. The van der Waals surface area contributed by atoms with E-state index in [2.05, 4.69) is 19.9 Å². The number of allylic oxidation sites excluding steroid dienone is 2. The Kier molecular flexibility index (Phi) is 3.59. The smallest absolute Gasteiger partial charge is 0.380 e. The van der Waals surface area contributed by atoms with Crippen molar-refractivity contribution in [1.82, 2.24) is 0 Å². The van der Waals surface area contributed by atoms with E-state index in [1.807, 2.05) is 0 Å². The number of hydrogen-bond donors (Lipinski definition) is 1. The van der Waals surface area contributed by atoms with Crippen LogP contribution in [-0.2, 0) is 4.79 Å². The number of fused-ring (bicyclic) bond motifs is 5. The van der Waals surface area contributed by atoms with E-state index in [-0.39, 0.29) is 41.3 Å². The molecule has 5 heteroatoms. The maximum atomic E-state index is 13.3. The number of ketones is 1. The Morgan fingerprint density at radius 2 is 1.84 bits per heavy atom. The van der Waals surface area contributed by atoms with E-state index in [9.17, 15) is 23.1 Å². The molecule has 1 N–H and O–H groups in total. The molecule has 3 fully saturated rings. The first-order valence-electron chi connectivity index (χ1n) is 9.53. The van der Waals surface area contributed by atoms with Gasteiger partial charge in [0.1, 0.15) is 0 Å². The molecule has 0 heterocycles. The number of carbonyl (C=O) groups excluding carboxylic acids is 1. The van der Waals surface area contributed by atoms with Gasteiger partial charge in [-0.3, -0.25) is 4.79 Å². The molecular weight excluding hydrogens is 329 g/mol. The van der Waals surface area contributed by atoms with Crippen LogP contribution < -0.4 is 0 Å². The fraction of sp³-hybridized carbons (Fsp3) is 0.850. The van der Waals surface area contributed by atoms with Gasteiger partial charge in [-0.2, -0.15) is 13.2 Å². The van der Waals surface area contributed by atoms with E-state index < -0.39 is 11.8 Å². The third kappa shape index (κ3) is 2.23. The lowest BCUT2D eigenvalue weighted by Crippen LogP contribution is -2.59. The van der Waals surface area contributed by atoms with Crippen LogP contribution in [0.15, 0.2) is 12.2 Å². The van der Waals surface area contributed by atoms with Crippen LogP contribution in [0.5, 0.6) is 0 Å². The van der Waals surface area contributed by atoms with E-state index in [4.69, 9.17) is 0 Å². The fourth-order valence-corrected chi connectivity index (χ4v) is 6.78. The largest absolute Gasteiger partial charge is 0.417 e. The van der Waals surface area contributed by atoms with Crippen LogP contribution in [0.1, 0.15) is 58.8 Å². The van der Waals surface area contributed by atoms with Crippen LogP contribution in [-0.4, -0.2) is 22.7 Å². The summed E-state index contributed by atoms with van der Waals surface area (Å²) < 4.78 is 39.9. The number of carbonyl (C=O) groups is 1. The molecule has 0 aromatic heterocycles. The summed E-state index contributed by atoms with van der Waals surface area (Å²) in [5, 5.41) is 10.2. The van der Waals surface area contributed by atoms with Gasteiger partial charge in [0.05, 0.1) is 0 Å². The lowest BCUT2D eigenvalue weighted by molar-refractivity contribution is -0.289. The number of alkyl halides is 3. The van der Waals surface area contributed by atoms with Gasteiger partial charge in [0.15, 0.2) is 11.4 Å². The van der Waals surface area contributed by atoms with Crippen molar-refractivity contribution >= 4 is 5.78 Å². The highest BCUT2D eigenvalue weighted by molar-refractivity contribution is 5.97. The van der Waals surface area contributed by atoms with E-state index in [1.54, 1.807) is 6.08 Å². The maximum Gasteiger partial charge on any atom is 0.417 e. The topological polar surface area (TPSA) is 37.3 Å². The van der Waals surface area contributed by atoms with Crippen LogP contribution in [0.3, 0.4) is 0 Å². The summed E-state index contributed by atoms with van der Waals surface area (Å²) in [5.41, 5.74) is -2.97. The third-order valence-corrected chi connectivity index (χ3v) is 8.52. The second kappa shape index (κ2) is 5.11. The number of hydrogen-bond acceptors (Lipinski definition) is 2. The van der Waals surface area contributed by atoms with E-state index in [0.717, 1.165) is 25.7 Å². The van der Waals surface area contributed by atoms with E-state index in [0.29, 0.717) is 18.3 Å². The van der Waals surface area contributed by atoms with E-state index in [1.165, 1.54) is 0 Å². The standard InChI is InChI=1S/C20H27F3O2/c1-17-9-10-19(25,20(21,22)23)11-12(17)3-4-13-14-5-6-16(24)18(14,2)8-7-15(13)17/h5-6,12-15,25H,3-4,7-11H2,1-2H3/t12-,13+,14+,15+,17+,18+,19-/m1/s1. The molecule has 4 aliphatic carbocycles. The lowest BCUT2D eigenvalue weighted by atomic mass is 9.44. The Morgan fingerprint density at radius 1 is 1.12 bits per heavy atom. The minimum absolute atomic E-state index is 0.0837. The molecule has 140 valence electrons. The molecule has 7 atom stereocenters. The van der Waals surface area contributed by atoms with Crippen molar-refractivity contribution < 1.29 is 23.1 Å². The summed E-state index contributed by atoms with van der Waals surface area (Å²) in [5.74, 6) is 1.12. The van der Waals surface area contributed by atoms with Crippen molar-refractivity contribution in [2.24, 2.45) is 34.5 Å². The number of halogens is 3. The number of aliphatic hydroxyl groups is 1. The van der Waals surface area contributed by atoms with Gasteiger partial charge in [0.25, 0.3) is 0 Å². The molecule has 0 aromatic rings. The van der Waals surface area contributed by atoms with Crippen molar-refractivity contribution in [2.75, 3.05) is 0 Å². The van der Waals surface area contributed by atoms with Crippen LogP contribution in [0.2, 0.25) is 0 Å². The molecule has 4 rings (SSSR count). The van der Waals surface area contributed by atoms with Crippen LogP contribution in [0, 0.1) is 34.5 Å². The molecular formula is C20H27F3O2. The highest BCUT2D eigenvalue weighted by Gasteiger charge is 2.64. The van der Waals surface area contributed by atoms with Gasteiger partial charge in [-0.1, -0.05) is 19.9 Å². The summed E-state index contributed by atoms with van der Waals surface area (Å²) >= 11 is 0. The first kappa shape index (κ1) is 17.6. The van der Waals surface area contributed by atoms with Gasteiger partial charge in [-0.25, -0.2) is 0 Å². The van der Waals surface area contributed by atoms with Crippen LogP contribution in [0.25, 0.3) is 0 Å². The molecule has 0 amide bonds. The van der Waals surface area contributed by atoms with Gasteiger partial charge < -0.3 is 5.11 Å².